The number of benzene rings is 1. The quantitative estimate of drug-likeness (QED) is 0.442. The van der Waals surface area contributed by atoms with Crippen molar-refractivity contribution in [2.24, 2.45) is 17.8 Å². The summed E-state index contributed by atoms with van der Waals surface area (Å²) in [6.07, 6.45) is 7.12. The van der Waals surface area contributed by atoms with Crippen molar-refractivity contribution in [1.82, 2.24) is 5.32 Å². The molecule has 5 aliphatic rings. The summed E-state index contributed by atoms with van der Waals surface area (Å²) in [5, 5.41) is 7.56. The van der Waals surface area contributed by atoms with Gasteiger partial charge in [0, 0.05) is 22.7 Å². The minimum absolute atomic E-state index is 0.117. The fourth-order valence-electron chi connectivity index (χ4n) is 7.91. The monoisotopic (exact) mass is 537 g/mol. The van der Waals surface area contributed by atoms with Crippen molar-refractivity contribution in [3.63, 3.8) is 0 Å². The first kappa shape index (κ1) is 25.1. The molecule has 8 nitrogen and oxygen atoms in total. The summed E-state index contributed by atoms with van der Waals surface area (Å²) >= 11 is 1.35. The molecule has 202 valence electrons. The maximum Gasteiger partial charge on any atom is 0.336 e. The number of anilines is 2. The molecule has 4 N–H and O–H groups in total. The largest absolute Gasteiger partial charge is 0.493 e. The number of nitrogens with one attached hydrogen (secondary N) is 2. The van der Waals surface area contributed by atoms with E-state index in [9.17, 15) is 9.59 Å². The molecule has 4 aliphatic carbocycles. The number of fused-ring (bicyclic) bond motifs is 1. The molecule has 2 heterocycles. The van der Waals surface area contributed by atoms with Crippen molar-refractivity contribution in [3.8, 4) is 11.5 Å². The van der Waals surface area contributed by atoms with E-state index in [1.165, 1.54) is 37.7 Å². The number of thiophene rings is 1. The molecular weight excluding hydrogens is 502 g/mol. The number of ether oxygens (including phenoxy) is 3. The second-order valence-electron chi connectivity index (χ2n) is 11.4. The van der Waals surface area contributed by atoms with Crippen molar-refractivity contribution in [1.29, 1.82) is 0 Å². The number of carbonyl (C=O) groups excluding carboxylic acids is 2. The zero-order chi connectivity index (χ0) is 26.8. The standard InChI is InChI=1S/C29H35N3O5S/c1-14-21(28(34)37-4)22(18-5-6-19(35-2)20(10-18)36-3)23-24(30)25(38-27(23)31-14)26(33)32-29-11-15-7-16(12-29)9-17(8-15)13-29/h5-6,10,15-17,22,31H,7-9,11-13,30H2,1-4H3,(H,32,33). The molecule has 1 aromatic carbocycles. The highest BCUT2D eigenvalue weighted by Crippen LogP contribution is 2.56. The molecule has 1 amide bonds. The number of amides is 1. The zero-order valence-corrected chi connectivity index (χ0v) is 23.1. The van der Waals surface area contributed by atoms with Gasteiger partial charge in [0.15, 0.2) is 11.5 Å². The summed E-state index contributed by atoms with van der Waals surface area (Å²) in [4.78, 5) is 27.3. The van der Waals surface area contributed by atoms with E-state index in [2.05, 4.69) is 10.6 Å². The molecule has 0 radical (unpaired) electrons. The van der Waals surface area contributed by atoms with Gasteiger partial charge in [0.05, 0.1) is 37.6 Å². The molecule has 2 aromatic rings. The maximum atomic E-state index is 13.8. The highest BCUT2D eigenvalue weighted by atomic mass is 32.1. The molecule has 0 saturated heterocycles. The van der Waals surface area contributed by atoms with E-state index in [4.69, 9.17) is 19.9 Å². The van der Waals surface area contributed by atoms with E-state index in [0.717, 1.165) is 47.6 Å². The van der Waals surface area contributed by atoms with Crippen molar-refractivity contribution in [2.45, 2.75) is 56.9 Å². The van der Waals surface area contributed by atoms with E-state index < -0.39 is 11.9 Å². The van der Waals surface area contributed by atoms with Crippen LogP contribution in [0.1, 0.15) is 72.2 Å². The fraction of sp³-hybridized carbons (Fsp3) is 0.517. The van der Waals surface area contributed by atoms with Crippen molar-refractivity contribution >= 4 is 33.9 Å². The van der Waals surface area contributed by atoms with Crippen LogP contribution < -0.4 is 25.8 Å². The summed E-state index contributed by atoms with van der Waals surface area (Å²) in [7, 11) is 4.52. The molecule has 4 saturated carbocycles. The smallest absolute Gasteiger partial charge is 0.336 e. The molecule has 1 aromatic heterocycles. The van der Waals surface area contributed by atoms with Crippen LogP contribution in [0.15, 0.2) is 29.5 Å². The number of nitrogens with two attached hydrogens (primary N) is 1. The third-order valence-electron chi connectivity index (χ3n) is 9.04. The highest BCUT2D eigenvalue weighted by molar-refractivity contribution is 7.19. The van der Waals surface area contributed by atoms with Crippen LogP contribution in [-0.4, -0.2) is 38.7 Å². The first-order valence-corrected chi connectivity index (χ1v) is 14.1. The number of hydrogen-bond donors (Lipinski definition) is 3. The molecule has 1 aliphatic heterocycles. The molecule has 0 spiro atoms. The number of esters is 1. The SMILES string of the molecule is COC(=O)C1=C(C)Nc2sc(C(=O)NC34CC5CC(CC(C5)C3)C4)c(N)c2C1c1ccc(OC)c(OC)c1. The van der Waals surface area contributed by atoms with Gasteiger partial charge < -0.3 is 30.6 Å². The molecular formula is C29H35N3O5S. The molecule has 4 bridgehead atoms. The summed E-state index contributed by atoms with van der Waals surface area (Å²) < 4.78 is 16.1. The lowest BCUT2D eigenvalue weighted by Gasteiger charge is -2.56. The molecule has 1 unspecified atom stereocenters. The number of hydrogen-bond acceptors (Lipinski definition) is 8. The second kappa shape index (κ2) is 9.22. The number of nitrogen functional groups attached to an aromatic ring is 1. The minimum Gasteiger partial charge on any atom is -0.493 e. The predicted octanol–water partition coefficient (Wildman–Crippen LogP) is 5.05. The van der Waals surface area contributed by atoms with E-state index in [-0.39, 0.29) is 11.4 Å². The van der Waals surface area contributed by atoms with Crippen molar-refractivity contribution in [2.75, 3.05) is 32.4 Å². The van der Waals surface area contributed by atoms with Gasteiger partial charge in [0.1, 0.15) is 4.88 Å². The summed E-state index contributed by atoms with van der Waals surface area (Å²) in [6, 6.07) is 5.55. The lowest BCUT2D eigenvalue weighted by Crippen LogP contribution is -2.59. The van der Waals surface area contributed by atoms with E-state index in [1.807, 2.05) is 25.1 Å². The Kier molecular flexibility index (Phi) is 6.09. The van der Waals surface area contributed by atoms with Gasteiger partial charge in [-0.2, -0.15) is 0 Å². The Balaban J connectivity index is 1.40. The van der Waals surface area contributed by atoms with Gasteiger partial charge in [-0.3, -0.25) is 4.79 Å². The Hall–Kier alpha value is -3.20. The molecule has 9 heteroatoms. The van der Waals surface area contributed by atoms with Gasteiger partial charge in [-0.1, -0.05) is 6.07 Å². The fourth-order valence-corrected chi connectivity index (χ4v) is 9.02. The number of carbonyl (C=O) groups is 2. The maximum absolute atomic E-state index is 13.8. The molecule has 7 rings (SSSR count). The first-order chi connectivity index (χ1) is 18.3. The third kappa shape index (κ3) is 3.94. The molecule has 38 heavy (non-hydrogen) atoms. The van der Waals surface area contributed by atoms with Gasteiger partial charge in [-0.05, 0) is 80.9 Å². The number of methoxy groups -OCH3 is 3. The second-order valence-corrected chi connectivity index (χ2v) is 12.5. The normalized spacial score (nSPS) is 28.9. The van der Waals surface area contributed by atoms with Crippen molar-refractivity contribution < 1.29 is 23.8 Å². The average molecular weight is 538 g/mol. The summed E-state index contributed by atoms with van der Waals surface area (Å²) in [5.74, 6) is 2.19. The first-order valence-electron chi connectivity index (χ1n) is 13.3. The zero-order valence-electron chi connectivity index (χ0n) is 22.3. The van der Waals surface area contributed by atoms with Crippen LogP contribution in [0.5, 0.6) is 11.5 Å². The van der Waals surface area contributed by atoms with Crippen molar-refractivity contribution in [3.05, 3.63) is 45.5 Å². The van der Waals surface area contributed by atoms with Crippen LogP contribution in [-0.2, 0) is 9.53 Å². The van der Waals surface area contributed by atoms with E-state index >= 15 is 0 Å². The molecule has 1 atom stereocenters. The Labute approximate surface area is 226 Å². The van der Waals surface area contributed by atoms with E-state index in [0.29, 0.717) is 38.9 Å². The minimum atomic E-state index is -0.532. The van der Waals surface area contributed by atoms with Crippen LogP contribution in [0.3, 0.4) is 0 Å². The third-order valence-corrected chi connectivity index (χ3v) is 10.2. The number of allylic oxidation sites excluding steroid dienone is 1. The highest BCUT2D eigenvalue weighted by Gasteiger charge is 2.52. The average Bonchev–Trinajstić information content (AvgIpc) is 3.21. The Morgan fingerprint density at radius 2 is 1.66 bits per heavy atom. The van der Waals surface area contributed by atoms with Gasteiger partial charge >= 0.3 is 5.97 Å². The summed E-state index contributed by atoms with van der Waals surface area (Å²) in [6.45, 7) is 1.84. The molecule has 4 fully saturated rings. The van der Waals surface area contributed by atoms with Crippen LogP contribution in [0.25, 0.3) is 0 Å². The van der Waals surface area contributed by atoms with Gasteiger partial charge in [-0.25, -0.2) is 4.79 Å². The Bertz CT molecular complexity index is 1310. The van der Waals surface area contributed by atoms with Crippen LogP contribution in [0.2, 0.25) is 0 Å². The van der Waals surface area contributed by atoms with Gasteiger partial charge in [-0.15, -0.1) is 11.3 Å². The lowest BCUT2D eigenvalue weighted by atomic mass is 9.53. The predicted molar refractivity (Wildman–Crippen MR) is 147 cm³/mol. The number of rotatable bonds is 6. The van der Waals surface area contributed by atoms with Gasteiger partial charge in [0.2, 0.25) is 0 Å². The van der Waals surface area contributed by atoms with Crippen LogP contribution >= 0.6 is 11.3 Å². The van der Waals surface area contributed by atoms with E-state index in [1.54, 1.807) is 14.2 Å². The van der Waals surface area contributed by atoms with Crippen LogP contribution in [0, 0.1) is 17.8 Å². The van der Waals surface area contributed by atoms with Crippen LogP contribution in [0.4, 0.5) is 10.7 Å². The Morgan fingerprint density at radius 1 is 1.03 bits per heavy atom. The summed E-state index contributed by atoms with van der Waals surface area (Å²) in [5.41, 5.74) is 9.67. The lowest BCUT2D eigenvalue weighted by molar-refractivity contribution is -0.136. The Morgan fingerprint density at radius 3 is 2.24 bits per heavy atom. The topological polar surface area (TPSA) is 112 Å². The van der Waals surface area contributed by atoms with Gasteiger partial charge in [0.25, 0.3) is 5.91 Å².